The van der Waals surface area contributed by atoms with Crippen LogP contribution in [0.2, 0.25) is 0 Å². The summed E-state index contributed by atoms with van der Waals surface area (Å²) in [6, 6.07) is -0.129. The van der Waals surface area contributed by atoms with Crippen LogP contribution in [-0.4, -0.2) is 33.3 Å². The van der Waals surface area contributed by atoms with Gasteiger partial charge in [0, 0.05) is 49.0 Å². The van der Waals surface area contributed by atoms with Crippen molar-refractivity contribution < 1.29 is 14.2 Å². The third-order valence-corrected chi connectivity index (χ3v) is 4.57. The molecule has 0 saturated heterocycles. The van der Waals surface area contributed by atoms with E-state index in [0.717, 1.165) is 35.6 Å². The van der Waals surface area contributed by atoms with Crippen molar-refractivity contribution in [1.29, 1.82) is 0 Å². The van der Waals surface area contributed by atoms with Gasteiger partial charge in [-0.25, -0.2) is 4.98 Å². The second-order valence-electron chi connectivity index (χ2n) is 6.45. The Morgan fingerprint density at radius 2 is 2.08 bits per heavy atom. The lowest BCUT2D eigenvalue weighted by molar-refractivity contribution is -0.104. The number of halogens is 2. The maximum absolute atomic E-state index is 11.4. The minimum atomic E-state index is -0.206. The van der Waals surface area contributed by atoms with E-state index in [2.05, 4.69) is 22.9 Å². The molecule has 2 aliphatic rings. The predicted octanol–water partition coefficient (Wildman–Crippen LogP) is 1.94. The number of hydrogen-bond acceptors (Lipinski definition) is 4. The van der Waals surface area contributed by atoms with Crippen LogP contribution >= 0.6 is 0 Å². The van der Waals surface area contributed by atoms with E-state index < -0.39 is 0 Å². The van der Waals surface area contributed by atoms with Crippen molar-refractivity contribution in [2.24, 2.45) is 12.8 Å². The first-order valence-electron chi connectivity index (χ1n) is 7.49. The summed E-state index contributed by atoms with van der Waals surface area (Å²) in [5, 5.41) is 0. The Kier molecular flexibility index (Phi) is 5.50. The average Bonchev–Trinajstić information content (AvgIpc) is 3.01. The van der Waals surface area contributed by atoms with Crippen LogP contribution < -0.4 is 5.73 Å². The van der Waals surface area contributed by atoms with Gasteiger partial charge in [0.15, 0.2) is 0 Å². The first-order valence-corrected chi connectivity index (χ1v) is 7.49. The summed E-state index contributed by atoms with van der Waals surface area (Å²) >= 11 is 0. The van der Waals surface area contributed by atoms with Crippen molar-refractivity contribution in [3.8, 4) is 0 Å². The minimum absolute atomic E-state index is 0. The molecule has 0 aromatic carbocycles. The molecule has 1 aromatic rings. The van der Waals surface area contributed by atoms with Crippen molar-refractivity contribution in [2.45, 2.75) is 32.2 Å². The maximum atomic E-state index is 11.4. The Bertz CT molecular complexity index is 733. The van der Waals surface area contributed by atoms with E-state index >= 15 is 0 Å². The summed E-state index contributed by atoms with van der Waals surface area (Å²) < 4.78 is 2.04. The van der Waals surface area contributed by atoms with Gasteiger partial charge in [-0.15, -0.1) is 0 Å². The molecule has 0 spiro atoms. The molecule has 2 atom stereocenters. The fourth-order valence-corrected chi connectivity index (χ4v) is 3.59. The Hall–Kier alpha value is -2.28. The molecule has 24 heavy (non-hydrogen) atoms. The van der Waals surface area contributed by atoms with Crippen molar-refractivity contribution >= 4 is 6.29 Å². The van der Waals surface area contributed by atoms with Crippen molar-refractivity contribution in [1.82, 2.24) is 14.5 Å². The second-order valence-corrected chi connectivity index (χ2v) is 6.45. The largest absolute Gasteiger partial charge is 0.342 e. The Morgan fingerprint density at radius 3 is 2.58 bits per heavy atom. The quantitative estimate of drug-likeness (QED) is 0.856. The molecule has 5 nitrogen and oxygen atoms in total. The number of imidazole rings is 1. The SMILES string of the molecule is CC1=C(C(C)N)N2CC(C)(c3nccn3C)C=C2C=C1C=O.F.F. The highest BCUT2D eigenvalue weighted by atomic mass is 19.0. The summed E-state index contributed by atoms with van der Waals surface area (Å²) in [4.78, 5) is 18.1. The van der Waals surface area contributed by atoms with Crippen LogP contribution in [-0.2, 0) is 17.3 Å². The highest BCUT2D eigenvalue weighted by molar-refractivity contribution is 5.82. The van der Waals surface area contributed by atoms with Gasteiger partial charge in [-0.2, -0.15) is 0 Å². The van der Waals surface area contributed by atoms with E-state index in [4.69, 9.17) is 5.73 Å². The summed E-state index contributed by atoms with van der Waals surface area (Å²) in [6.45, 7) is 6.88. The number of aromatic nitrogens is 2. The number of nitrogens with zero attached hydrogens (tertiary/aromatic N) is 3. The van der Waals surface area contributed by atoms with Crippen LogP contribution in [0, 0.1) is 0 Å². The molecule has 0 amide bonds. The van der Waals surface area contributed by atoms with Crippen LogP contribution in [0.4, 0.5) is 9.41 Å². The number of nitrogens with two attached hydrogens (primary N) is 1. The van der Waals surface area contributed by atoms with Gasteiger partial charge in [0.1, 0.15) is 12.1 Å². The van der Waals surface area contributed by atoms with Gasteiger partial charge in [0.05, 0.1) is 5.41 Å². The standard InChI is InChI=1S/C17H22N4O.2FH/c1-11-13(9-22)7-14-8-17(3,16-19-5-6-20(16)4)10-21(14)15(11)12(2)18;;/h5-9,12H,10,18H2,1-4H3;2*1H. The molecule has 2 unspecified atom stereocenters. The molecule has 0 radical (unpaired) electrons. The lowest BCUT2D eigenvalue weighted by Gasteiger charge is -2.34. The molecule has 0 saturated carbocycles. The molecule has 2 aliphatic heterocycles. The van der Waals surface area contributed by atoms with Crippen LogP contribution in [0.25, 0.3) is 0 Å². The number of fused-ring (bicyclic) bond motifs is 1. The third-order valence-electron chi connectivity index (χ3n) is 4.57. The van der Waals surface area contributed by atoms with Gasteiger partial charge in [-0.05, 0) is 38.5 Å². The van der Waals surface area contributed by atoms with E-state index in [-0.39, 0.29) is 20.9 Å². The minimum Gasteiger partial charge on any atom is -0.342 e. The number of allylic oxidation sites excluding steroid dienone is 3. The number of carbonyl (C=O) groups excluding carboxylic acids is 1. The van der Waals surface area contributed by atoms with E-state index in [9.17, 15) is 4.79 Å². The summed E-state index contributed by atoms with van der Waals surface area (Å²) in [5.41, 5.74) is 9.70. The molecule has 132 valence electrons. The van der Waals surface area contributed by atoms with Gasteiger partial charge in [-0.3, -0.25) is 14.2 Å². The van der Waals surface area contributed by atoms with Gasteiger partial charge < -0.3 is 15.2 Å². The molecular formula is C17H24F2N4O. The summed E-state index contributed by atoms with van der Waals surface area (Å²) in [7, 11) is 2.00. The smallest absolute Gasteiger partial charge is 0.150 e. The van der Waals surface area contributed by atoms with Crippen LogP contribution in [0.15, 0.2) is 47.1 Å². The molecule has 2 N–H and O–H groups in total. The third kappa shape index (κ3) is 2.80. The second kappa shape index (κ2) is 6.68. The van der Waals surface area contributed by atoms with E-state index in [1.165, 1.54) is 0 Å². The van der Waals surface area contributed by atoms with Gasteiger partial charge in [-0.1, -0.05) is 0 Å². The van der Waals surface area contributed by atoms with Crippen LogP contribution in [0.1, 0.15) is 26.6 Å². The first kappa shape index (κ1) is 19.8. The number of aryl methyl sites for hydroxylation is 1. The fourth-order valence-electron chi connectivity index (χ4n) is 3.59. The molecule has 1 aromatic heterocycles. The topological polar surface area (TPSA) is 64.2 Å². The molecular weight excluding hydrogens is 314 g/mol. The monoisotopic (exact) mass is 338 g/mol. The Morgan fingerprint density at radius 1 is 1.42 bits per heavy atom. The summed E-state index contributed by atoms with van der Waals surface area (Å²) in [6.07, 6.45) is 8.82. The molecule has 3 rings (SSSR count). The van der Waals surface area contributed by atoms with Crippen molar-refractivity contribution in [3.63, 3.8) is 0 Å². The Labute approximate surface area is 140 Å². The zero-order valence-electron chi connectivity index (χ0n) is 14.3. The van der Waals surface area contributed by atoms with Gasteiger partial charge in [0.25, 0.3) is 0 Å². The maximum Gasteiger partial charge on any atom is 0.150 e. The zero-order valence-corrected chi connectivity index (χ0v) is 14.3. The predicted molar refractivity (Wildman–Crippen MR) is 90.9 cm³/mol. The van der Waals surface area contributed by atoms with E-state index in [0.29, 0.717) is 5.57 Å². The normalized spacial score (nSPS) is 23.6. The molecule has 0 bridgehead atoms. The number of carbonyl (C=O) groups is 1. The lowest BCUT2D eigenvalue weighted by Crippen LogP contribution is -2.38. The van der Waals surface area contributed by atoms with E-state index in [1.54, 1.807) is 0 Å². The molecule has 3 heterocycles. The molecule has 7 heteroatoms. The first-order chi connectivity index (χ1) is 10.4. The number of aldehydes is 1. The summed E-state index contributed by atoms with van der Waals surface area (Å²) in [5.74, 6) is 1.01. The van der Waals surface area contributed by atoms with Crippen molar-refractivity contribution in [3.05, 3.63) is 52.9 Å². The number of hydrogen-bond donors (Lipinski definition) is 1. The van der Waals surface area contributed by atoms with Gasteiger partial charge >= 0.3 is 0 Å². The molecule has 0 aliphatic carbocycles. The highest BCUT2D eigenvalue weighted by Crippen LogP contribution is 2.41. The Balaban J connectivity index is 0.00000144. The van der Waals surface area contributed by atoms with Gasteiger partial charge in [0.2, 0.25) is 0 Å². The van der Waals surface area contributed by atoms with Crippen LogP contribution in [0.3, 0.4) is 0 Å². The van der Waals surface area contributed by atoms with E-state index in [1.807, 2.05) is 43.9 Å². The highest BCUT2D eigenvalue weighted by Gasteiger charge is 2.41. The van der Waals surface area contributed by atoms with Crippen LogP contribution in [0.5, 0.6) is 0 Å². The fraction of sp³-hybridized carbons (Fsp3) is 0.412. The average molecular weight is 338 g/mol. The zero-order chi connectivity index (χ0) is 16.1. The molecule has 0 fully saturated rings. The number of rotatable bonds is 3. The lowest BCUT2D eigenvalue weighted by atomic mass is 9.91. The van der Waals surface area contributed by atoms with Crippen molar-refractivity contribution in [2.75, 3.05) is 6.54 Å².